The van der Waals surface area contributed by atoms with E-state index in [1.54, 1.807) is 28.8 Å². The van der Waals surface area contributed by atoms with Crippen LogP contribution in [-0.2, 0) is 0 Å². The van der Waals surface area contributed by atoms with Gasteiger partial charge in [0.05, 0.1) is 6.20 Å². The fourth-order valence-corrected chi connectivity index (χ4v) is 0.895. The Morgan fingerprint density at radius 3 is 3.00 bits per heavy atom. The zero-order chi connectivity index (χ0) is 6.69. The predicted molar refractivity (Wildman–Crippen MR) is 41.6 cm³/mol. The van der Waals surface area contributed by atoms with Crippen molar-refractivity contribution in [2.75, 3.05) is 6.26 Å². The maximum Gasteiger partial charge on any atom is 0.141 e. The van der Waals surface area contributed by atoms with E-state index < -0.39 is 0 Å². The highest BCUT2D eigenvalue weighted by molar-refractivity contribution is 8.08. The summed E-state index contributed by atoms with van der Waals surface area (Å²) in [6, 6.07) is 0. The van der Waals surface area contributed by atoms with Gasteiger partial charge in [0.25, 0.3) is 0 Å². The number of thiol groups is 1. The van der Waals surface area contributed by atoms with Crippen LogP contribution in [0.2, 0.25) is 0 Å². The molecule has 0 fully saturated rings. The Kier molecular flexibility index (Phi) is 2.41. The molecule has 0 bridgehead atoms. The summed E-state index contributed by atoms with van der Waals surface area (Å²) in [4.78, 5) is 0. The summed E-state index contributed by atoms with van der Waals surface area (Å²) in [5.74, 6) is 0. The van der Waals surface area contributed by atoms with Crippen molar-refractivity contribution in [3.63, 3.8) is 0 Å². The van der Waals surface area contributed by atoms with Gasteiger partial charge in [0.15, 0.2) is 0 Å². The van der Waals surface area contributed by atoms with Crippen molar-refractivity contribution >= 4 is 24.4 Å². The van der Waals surface area contributed by atoms with Crippen LogP contribution in [0.1, 0.15) is 4.71 Å². The van der Waals surface area contributed by atoms with E-state index in [1.165, 1.54) is 0 Å². The van der Waals surface area contributed by atoms with Crippen molar-refractivity contribution in [1.29, 1.82) is 0 Å². The predicted octanol–water partition coefficient (Wildman–Crippen LogP) is 1.03. The van der Waals surface area contributed by atoms with Crippen LogP contribution >= 0.6 is 24.4 Å². The molecule has 9 heavy (non-hydrogen) atoms. The van der Waals surface area contributed by atoms with E-state index in [1.807, 2.05) is 6.26 Å². The number of thioether (sulfide) groups is 1. The average molecular weight is 161 g/mol. The third-order valence-corrected chi connectivity index (χ3v) is 2.38. The van der Waals surface area contributed by atoms with Crippen molar-refractivity contribution in [3.05, 3.63) is 12.4 Å². The molecule has 0 aliphatic rings. The highest BCUT2D eigenvalue weighted by Crippen LogP contribution is 2.21. The molecular formula is C4H7N3S2. The molecule has 1 heterocycles. The van der Waals surface area contributed by atoms with Gasteiger partial charge in [0, 0.05) is 6.20 Å². The first-order valence-corrected chi connectivity index (χ1v) is 4.21. The molecule has 0 saturated heterocycles. The Morgan fingerprint density at radius 1 is 1.78 bits per heavy atom. The van der Waals surface area contributed by atoms with Crippen molar-refractivity contribution in [2.45, 2.75) is 4.71 Å². The SMILES string of the molecule is CSC(S)n1ccnn1. The number of rotatable bonds is 2. The van der Waals surface area contributed by atoms with Gasteiger partial charge in [-0.1, -0.05) is 5.21 Å². The molecule has 0 radical (unpaired) electrons. The number of hydrogen-bond acceptors (Lipinski definition) is 4. The van der Waals surface area contributed by atoms with Crippen molar-refractivity contribution in [1.82, 2.24) is 15.0 Å². The third-order valence-electron chi connectivity index (χ3n) is 0.878. The average Bonchev–Trinajstić information content (AvgIpc) is 2.37. The van der Waals surface area contributed by atoms with Crippen LogP contribution in [0.25, 0.3) is 0 Å². The van der Waals surface area contributed by atoms with Gasteiger partial charge in [-0.3, -0.25) is 0 Å². The largest absolute Gasteiger partial charge is 0.230 e. The first-order chi connectivity index (χ1) is 4.34. The number of hydrogen-bond donors (Lipinski definition) is 1. The minimum atomic E-state index is 0.0903. The van der Waals surface area contributed by atoms with E-state index in [2.05, 4.69) is 22.9 Å². The Hall–Kier alpha value is -0.160. The smallest absolute Gasteiger partial charge is 0.141 e. The fraction of sp³-hybridized carbons (Fsp3) is 0.500. The molecule has 1 aromatic heterocycles. The molecule has 0 aliphatic carbocycles. The fourth-order valence-electron chi connectivity index (χ4n) is 0.443. The van der Waals surface area contributed by atoms with Crippen molar-refractivity contribution in [2.24, 2.45) is 0 Å². The van der Waals surface area contributed by atoms with Gasteiger partial charge in [0.2, 0.25) is 0 Å². The van der Waals surface area contributed by atoms with E-state index in [0.717, 1.165) is 0 Å². The first kappa shape index (κ1) is 6.95. The molecule has 3 nitrogen and oxygen atoms in total. The van der Waals surface area contributed by atoms with Crippen LogP contribution in [0.4, 0.5) is 0 Å². The molecule has 1 atom stereocenters. The van der Waals surface area contributed by atoms with Gasteiger partial charge < -0.3 is 0 Å². The van der Waals surface area contributed by atoms with Gasteiger partial charge in [-0.15, -0.1) is 29.5 Å². The lowest BCUT2D eigenvalue weighted by Gasteiger charge is -2.04. The maximum atomic E-state index is 4.21. The second-order valence-corrected chi connectivity index (χ2v) is 3.20. The van der Waals surface area contributed by atoms with Crippen molar-refractivity contribution in [3.8, 4) is 0 Å². The van der Waals surface area contributed by atoms with Crippen LogP contribution in [0, 0.1) is 0 Å². The molecule has 1 aromatic rings. The van der Waals surface area contributed by atoms with E-state index in [0.29, 0.717) is 0 Å². The summed E-state index contributed by atoms with van der Waals surface area (Å²) in [7, 11) is 0. The van der Waals surface area contributed by atoms with Gasteiger partial charge in [-0.25, -0.2) is 4.68 Å². The van der Waals surface area contributed by atoms with Gasteiger partial charge in [-0.2, -0.15) is 0 Å². The van der Waals surface area contributed by atoms with Gasteiger partial charge in [-0.05, 0) is 6.26 Å². The second kappa shape index (κ2) is 3.12. The monoisotopic (exact) mass is 161 g/mol. The van der Waals surface area contributed by atoms with Gasteiger partial charge in [0.1, 0.15) is 4.71 Å². The summed E-state index contributed by atoms with van der Waals surface area (Å²) in [6.45, 7) is 0. The minimum absolute atomic E-state index is 0.0903. The van der Waals surface area contributed by atoms with Crippen LogP contribution < -0.4 is 0 Å². The van der Waals surface area contributed by atoms with Crippen LogP contribution in [0.3, 0.4) is 0 Å². The molecule has 5 heteroatoms. The van der Waals surface area contributed by atoms with E-state index in [-0.39, 0.29) is 4.71 Å². The molecule has 0 saturated carbocycles. The molecule has 50 valence electrons. The quantitative estimate of drug-likeness (QED) is 0.519. The van der Waals surface area contributed by atoms with Gasteiger partial charge >= 0.3 is 0 Å². The highest BCUT2D eigenvalue weighted by atomic mass is 32.2. The third kappa shape index (κ3) is 1.62. The Bertz CT molecular complexity index is 162. The molecule has 0 amide bonds. The molecule has 0 aromatic carbocycles. The van der Waals surface area contributed by atoms with E-state index in [9.17, 15) is 0 Å². The molecular weight excluding hydrogens is 154 g/mol. The highest BCUT2D eigenvalue weighted by Gasteiger charge is 2.00. The molecule has 0 spiro atoms. The first-order valence-electron chi connectivity index (χ1n) is 2.41. The number of nitrogens with zero attached hydrogens (tertiary/aromatic N) is 3. The Balaban J connectivity index is 2.65. The van der Waals surface area contributed by atoms with E-state index >= 15 is 0 Å². The molecule has 0 N–H and O–H groups in total. The van der Waals surface area contributed by atoms with E-state index in [4.69, 9.17) is 0 Å². The topological polar surface area (TPSA) is 30.7 Å². The second-order valence-electron chi connectivity index (χ2n) is 1.45. The lowest BCUT2D eigenvalue weighted by atomic mass is 10.9. The van der Waals surface area contributed by atoms with Crippen LogP contribution in [-0.4, -0.2) is 21.2 Å². The number of aromatic nitrogens is 3. The summed E-state index contributed by atoms with van der Waals surface area (Å²) in [5.41, 5.74) is 0. The molecule has 0 aliphatic heterocycles. The summed E-state index contributed by atoms with van der Waals surface area (Å²) in [6.07, 6.45) is 5.40. The zero-order valence-corrected chi connectivity index (χ0v) is 6.64. The Labute approximate surface area is 63.2 Å². The lowest BCUT2D eigenvalue weighted by molar-refractivity contribution is 0.694. The lowest BCUT2D eigenvalue weighted by Crippen LogP contribution is -1.98. The minimum Gasteiger partial charge on any atom is -0.230 e. The zero-order valence-electron chi connectivity index (χ0n) is 4.93. The summed E-state index contributed by atoms with van der Waals surface area (Å²) < 4.78 is 1.78. The normalized spacial score (nSPS) is 13.6. The molecule has 1 unspecified atom stereocenters. The summed E-state index contributed by atoms with van der Waals surface area (Å²) >= 11 is 5.82. The maximum absolute atomic E-state index is 4.21. The van der Waals surface area contributed by atoms with Crippen LogP contribution in [0.15, 0.2) is 12.4 Å². The summed E-state index contributed by atoms with van der Waals surface area (Å²) in [5, 5.41) is 7.40. The van der Waals surface area contributed by atoms with Crippen LogP contribution in [0.5, 0.6) is 0 Å². The Morgan fingerprint density at radius 2 is 2.56 bits per heavy atom. The molecule has 1 rings (SSSR count). The standard InChI is InChI=1S/C4H7N3S2/c1-9-4(8)7-3-2-5-6-7/h2-4,8H,1H3. The van der Waals surface area contributed by atoms with Crippen molar-refractivity contribution < 1.29 is 0 Å².